The third-order valence-electron chi connectivity index (χ3n) is 3.87. The summed E-state index contributed by atoms with van der Waals surface area (Å²) < 4.78 is 15.6. The van der Waals surface area contributed by atoms with Crippen LogP contribution < -0.4 is 5.32 Å². The van der Waals surface area contributed by atoms with Crippen LogP contribution >= 0.6 is 0 Å². The molecule has 1 aromatic heterocycles. The highest BCUT2D eigenvalue weighted by atomic mass is 19.1. The number of anilines is 1. The number of rotatable bonds is 4. The van der Waals surface area contributed by atoms with Crippen LogP contribution in [0.1, 0.15) is 5.56 Å². The zero-order chi connectivity index (χ0) is 18.5. The van der Waals surface area contributed by atoms with Crippen molar-refractivity contribution in [1.82, 2.24) is 4.57 Å². The number of fused-ring (bicyclic) bond motifs is 1. The summed E-state index contributed by atoms with van der Waals surface area (Å²) in [4.78, 5) is 12.4. The molecular formula is C21H14FN3O. The van der Waals surface area contributed by atoms with Gasteiger partial charge in [-0.2, -0.15) is 5.26 Å². The van der Waals surface area contributed by atoms with Crippen LogP contribution in [0.4, 0.5) is 10.1 Å². The van der Waals surface area contributed by atoms with Gasteiger partial charge < -0.3 is 9.88 Å². The molecule has 3 aromatic rings. The molecule has 26 heavy (non-hydrogen) atoms. The molecule has 2 aromatic carbocycles. The number of amides is 1. The first-order chi connectivity index (χ1) is 12.6. The Morgan fingerprint density at radius 1 is 1.23 bits per heavy atom. The summed E-state index contributed by atoms with van der Waals surface area (Å²) in [5.74, 6) is 1.33. The van der Waals surface area contributed by atoms with E-state index < -0.39 is 11.7 Å². The van der Waals surface area contributed by atoms with Crippen LogP contribution in [-0.2, 0) is 11.3 Å². The average molecular weight is 343 g/mol. The molecule has 4 nitrogen and oxygen atoms in total. The Balaban J connectivity index is 1.98. The predicted octanol–water partition coefficient (Wildman–Crippen LogP) is 3.96. The summed E-state index contributed by atoms with van der Waals surface area (Å²) in [6.07, 6.45) is 8.67. The third kappa shape index (κ3) is 3.33. The van der Waals surface area contributed by atoms with Gasteiger partial charge in [0, 0.05) is 22.7 Å². The molecule has 0 radical (unpaired) electrons. The minimum Gasteiger partial charge on any atom is -0.335 e. The first-order valence-electron chi connectivity index (χ1n) is 7.83. The van der Waals surface area contributed by atoms with Crippen molar-refractivity contribution < 1.29 is 9.18 Å². The predicted molar refractivity (Wildman–Crippen MR) is 99.4 cm³/mol. The SMILES string of the molecule is C#CCn1cc(/C=C(/C#N)C(=O)Nc2ccccc2F)c2ccccc21. The molecule has 0 saturated heterocycles. The number of aromatic nitrogens is 1. The van der Waals surface area contributed by atoms with Gasteiger partial charge in [0.2, 0.25) is 0 Å². The van der Waals surface area contributed by atoms with E-state index in [0.717, 1.165) is 10.9 Å². The van der Waals surface area contributed by atoms with Crippen LogP contribution in [0.15, 0.2) is 60.3 Å². The molecule has 0 unspecified atom stereocenters. The van der Waals surface area contributed by atoms with Gasteiger partial charge in [-0.05, 0) is 24.3 Å². The number of nitriles is 1. The van der Waals surface area contributed by atoms with Gasteiger partial charge in [-0.25, -0.2) is 4.39 Å². The minimum absolute atomic E-state index is 0.0217. The van der Waals surface area contributed by atoms with Crippen molar-refractivity contribution in [3.63, 3.8) is 0 Å². The fourth-order valence-corrected chi connectivity index (χ4v) is 2.68. The van der Waals surface area contributed by atoms with Crippen molar-refractivity contribution in [2.24, 2.45) is 0 Å². The van der Waals surface area contributed by atoms with Crippen molar-refractivity contribution in [2.45, 2.75) is 6.54 Å². The summed E-state index contributed by atoms with van der Waals surface area (Å²) in [5.41, 5.74) is 1.49. The van der Waals surface area contributed by atoms with Crippen LogP contribution in [0, 0.1) is 29.5 Å². The van der Waals surface area contributed by atoms with E-state index in [1.54, 1.807) is 12.3 Å². The Bertz CT molecular complexity index is 1100. The van der Waals surface area contributed by atoms with Crippen LogP contribution in [0.3, 0.4) is 0 Å². The molecule has 0 aliphatic heterocycles. The molecular weight excluding hydrogens is 329 g/mol. The highest BCUT2D eigenvalue weighted by molar-refractivity contribution is 6.10. The highest BCUT2D eigenvalue weighted by Crippen LogP contribution is 2.24. The molecule has 0 aliphatic rings. The smallest absolute Gasteiger partial charge is 0.266 e. The van der Waals surface area contributed by atoms with E-state index >= 15 is 0 Å². The van der Waals surface area contributed by atoms with Gasteiger partial charge in [-0.3, -0.25) is 4.79 Å². The van der Waals surface area contributed by atoms with Crippen molar-refractivity contribution in [3.05, 3.63) is 71.7 Å². The lowest BCUT2D eigenvalue weighted by atomic mass is 10.1. The van der Waals surface area contributed by atoms with Crippen LogP contribution in [0.5, 0.6) is 0 Å². The summed E-state index contributed by atoms with van der Waals surface area (Å²) in [6, 6.07) is 15.2. The number of terminal acetylenes is 1. The van der Waals surface area contributed by atoms with E-state index in [4.69, 9.17) is 6.42 Å². The Morgan fingerprint density at radius 2 is 1.96 bits per heavy atom. The summed E-state index contributed by atoms with van der Waals surface area (Å²) in [7, 11) is 0. The van der Waals surface area contributed by atoms with E-state index in [9.17, 15) is 14.4 Å². The number of carbonyl (C=O) groups excluding carboxylic acids is 1. The van der Waals surface area contributed by atoms with Crippen LogP contribution in [0.2, 0.25) is 0 Å². The fourth-order valence-electron chi connectivity index (χ4n) is 2.68. The number of nitrogens with zero attached hydrogens (tertiary/aromatic N) is 2. The molecule has 1 heterocycles. The zero-order valence-corrected chi connectivity index (χ0v) is 13.7. The molecule has 0 saturated carbocycles. The molecule has 0 fully saturated rings. The van der Waals surface area contributed by atoms with Crippen LogP contribution in [0.25, 0.3) is 17.0 Å². The zero-order valence-electron chi connectivity index (χ0n) is 13.7. The number of hydrogen-bond acceptors (Lipinski definition) is 2. The molecule has 3 rings (SSSR count). The maximum absolute atomic E-state index is 13.7. The topological polar surface area (TPSA) is 57.8 Å². The molecule has 0 atom stereocenters. The number of benzene rings is 2. The Kier molecular flexibility index (Phi) is 4.83. The average Bonchev–Trinajstić information content (AvgIpc) is 2.99. The quantitative estimate of drug-likeness (QED) is 0.443. The van der Waals surface area contributed by atoms with E-state index in [1.165, 1.54) is 24.3 Å². The van der Waals surface area contributed by atoms with E-state index in [1.807, 2.05) is 34.9 Å². The second-order valence-corrected chi connectivity index (χ2v) is 5.54. The molecule has 0 spiro atoms. The second kappa shape index (κ2) is 7.38. The van der Waals surface area contributed by atoms with Gasteiger partial charge in [0.05, 0.1) is 12.2 Å². The number of hydrogen-bond donors (Lipinski definition) is 1. The van der Waals surface area contributed by atoms with E-state index in [0.29, 0.717) is 12.1 Å². The lowest BCUT2D eigenvalue weighted by Crippen LogP contribution is -2.14. The van der Waals surface area contributed by atoms with Crippen molar-refractivity contribution in [1.29, 1.82) is 5.26 Å². The molecule has 1 amide bonds. The number of para-hydroxylation sites is 2. The lowest BCUT2D eigenvalue weighted by Gasteiger charge is -2.05. The van der Waals surface area contributed by atoms with Crippen LogP contribution in [-0.4, -0.2) is 10.5 Å². The van der Waals surface area contributed by atoms with Crippen molar-refractivity contribution in [2.75, 3.05) is 5.32 Å². The molecule has 0 bridgehead atoms. The second-order valence-electron chi connectivity index (χ2n) is 5.54. The minimum atomic E-state index is -0.675. The van der Waals surface area contributed by atoms with E-state index in [-0.39, 0.29) is 11.3 Å². The normalized spacial score (nSPS) is 11.0. The lowest BCUT2D eigenvalue weighted by molar-refractivity contribution is -0.112. The van der Waals surface area contributed by atoms with Gasteiger partial charge in [0.15, 0.2) is 0 Å². The van der Waals surface area contributed by atoms with E-state index in [2.05, 4.69) is 11.2 Å². The highest BCUT2D eigenvalue weighted by Gasteiger charge is 2.14. The Morgan fingerprint density at radius 3 is 2.69 bits per heavy atom. The van der Waals surface area contributed by atoms with Gasteiger partial charge >= 0.3 is 0 Å². The summed E-state index contributed by atoms with van der Waals surface area (Å²) >= 11 is 0. The number of nitrogens with one attached hydrogen (secondary N) is 1. The summed E-state index contributed by atoms with van der Waals surface area (Å²) in [5, 5.41) is 12.7. The maximum atomic E-state index is 13.7. The molecule has 5 heteroatoms. The summed E-state index contributed by atoms with van der Waals surface area (Å²) in [6.45, 7) is 0.373. The van der Waals surface area contributed by atoms with Gasteiger partial charge in [0.25, 0.3) is 5.91 Å². The number of halogens is 1. The molecule has 0 aliphatic carbocycles. The Labute approximate surface area is 150 Å². The fraction of sp³-hybridized carbons (Fsp3) is 0.0476. The molecule has 126 valence electrons. The largest absolute Gasteiger partial charge is 0.335 e. The monoisotopic (exact) mass is 343 g/mol. The Hall–Kier alpha value is -3.83. The molecule has 1 N–H and O–H groups in total. The first-order valence-corrected chi connectivity index (χ1v) is 7.83. The van der Waals surface area contributed by atoms with Gasteiger partial charge in [-0.1, -0.05) is 36.3 Å². The number of carbonyl (C=O) groups is 1. The van der Waals surface area contributed by atoms with Crippen molar-refractivity contribution >= 4 is 28.6 Å². The van der Waals surface area contributed by atoms with Gasteiger partial charge in [-0.15, -0.1) is 6.42 Å². The third-order valence-corrected chi connectivity index (χ3v) is 3.87. The standard InChI is InChI=1S/C21H14FN3O/c1-2-11-25-14-16(17-7-3-6-10-20(17)25)12-15(13-23)21(26)24-19-9-5-4-8-18(19)22/h1,3-10,12,14H,11H2,(H,24,26)/b15-12-. The maximum Gasteiger partial charge on any atom is 0.266 e. The van der Waals surface area contributed by atoms with Crippen molar-refractivity contribution in [3.8, 4) is 18.4 Å². The van der Waals surface area contributed by atoms with Gasteiger partial charge in [0.1, 0.15) is 17.5 Å². The first kappa shape index (κ1) is 17.0.